The molecule has 4 heteroatoms. The predicted octanol–water partition coefficient (Wildman–Crippen LogP) is 1.00. The lowest BCUT2D eigenvalue weighted by molar-refractivity contribution is 0.791. The van der Waals surface area contributed by atoms with Crippen LogP contribution in [0.3, 0.4) is 0 Å². The molecule has 0 aliphatic rings. The van der Waals surface area contributed by atoms with Crippen LogP contribution < -0.4 is 16.6 Å². The van der Waals surface area contributed by atoms with Gasteiger partial charge in [-0.15, -0.1) is 0 Å². The summed E-state index contributed by atoms with van der Waals surface area (Å²) in [4.78, 5) is 3.17. The van der Waals surface area contributed by atoms with Crippen molar-refractivity contribution in [3.63, 3.8) is 0 Å². The van der Waals surface area contributed by atoms with E-state index in [2.05, 4.69) is 21.8 Å². The molecule has 5 N–H and O–H groups in total. The highest BCUT2D eigenvalue weighted by Crippen LogP contribution is 2.21. The smallest absolute Gasteiger partial charge is 0.0781 e. The number of hydrogen-bond donors (Lipinski definition) is 4. The number of H-pyrrole nitrogens is 1. The molecular formula is C9H12N4. The van der Waals surface area contributed by atoms with Crippen molar-refractivity contribution in [2.45, 2.75) is 0 Å². The average molecular weight is 176 g/mol. The van der Waals surface area contributed by atoms with Crippen molar-refractivity contribution in [2.24, 2.45) is 5.84 Å². The standard InChI is InChI=1S/C9H12N4/c10-13-6-12-9-5-11-8-4-2-1-3-7(8)9/h1-5,11-13H,6,10H2. The minimum absolute atomic E-state index is 0.557. The number of aromatic amines is 1. The molecule has 0 aliphatic carbocycles. The second kappa shape index (κ2) is 3.47. The summed E-state index contributed by atoms with van der Waals surface area (Å²) in [5.41, 5.74) is 4.74. The summed E-state index contributed by atoms with van der Waals surface area (Å²) < 4.78 is 0. The molecule has 4 nitrogen and oxygen atoms in total. The van der Waals surface area contributed by atoms with Crippen molar-refractivity contribution in [3.05, 3.63) is 30.5 Å². The van der Waals surface area contributed by atoms with E-state index >= 15 is 0 Å². The number of hydrazine groups is 1. The SMILES string of the molecule is NNCNc1c[nH]c2ccccc12. The molecule has 0 atom stereocenters. The van der Waals surface area contributed by atoms with Crippen molar-refractivity contribution in [1.29, 1.82) is 0 Å². The largest absolute Gasteiger partial charge is 0.370 e. The van der Waals surface area contributed by atoms with Crippen molar-refractivity contribution in [2.75, 3.05) is 12.0 Å². The summed E-state index contributed by atoms with van der Waals surface area (Å²) in [6.45, 7) is 0.557. The van der Waals surface area contributed by atoms with Crippen LogP contribution in [0.4, 0.5) is 5.69 Å². The summed E-state index contributed by atoms with van der Waals surface area (Å²) >= 11 is 0. The number of nitrogens with one attached hydrogen (secondary N) is 3. The molecule has 0 amide bonds. The van der Waals surface area contributed by atoms with Crippen LogP contribution in [0.5, 0.6) is 0 Å². The second-order valence-electron chi connectivity index (χ2n) is 2.81. The Labute approximate surface area is 76.1 Å². The molecule has 0 radical (unpaired) electrons. The van der Waals surface area contributed by atoms with Crippen LogP contribution in [0.2, 0.25) is 0 Å². The number of rotatable bonds is 3. The zero-order valence-corrected chi connectivity index (χ0v) is 7.17. The van der Waals surface area contributed by atoms with E-state index in [0.29, 0.717) is 6.67 Å². The molecular weight excluding hydrogens is 164 g/mol. The van der Waals surface area contributed by atoms with Gasteiger partial charge in [-0.05, 0) is 6.07 Å². The summed E-state index contributed by atoms with van der Waals surface area (Å²) in [5.74, 6) is 5.17. The highest BCUT2D eigenvalue weighted by Gasteiger charge is 1.99. The molecule has 2 aromatic rings. The Hall–Kier alpha value is -1.52. The Morgan fingerprint density at radius 2 is 2.15 bits per heavy atom. The van der Waals surface area contributed by atoms with E-state index in [9.17, 15) is 0 Å². The molecule has 0 fully saturated rings. The summed E-state index contributed by atoms with van der Waals surface area (Å²) in [6.07, 6.45) is 1.93. The van der Waals surface area contributed by atoms with E-state index in [4.69, 9.17) is 5.84 Å². The van der Waals surface area contributed by atoms with Gasteiger partial charge < -0.3 is 10.3 Å². The molecule has 0 spiro atoms. The van der Waals surface area contributed by atoms with E-state index in [1.807, 2.05) is 24.4 Å². The van der Waals surface area contributed by atoms with Gasteiger partial charge in [-0.25, -0.2) is 5.43 Å². The fourth-order valence-electron chi connectivity index (χ4n) is 1.36. The van der Waals surface area contributed by atoms with Crippen molar-refractivity contribution < 1.29 is 0 Å². The molecule has 0 unspecified atom stereocenters. The molecule has 1 aromatic heterocycles. The summed E-state index contributed by atoms with van der Waals surface area (Å²) in [5, 5.41) is 4.33. The number of benzene rings is 1. The number of hydrogen-bond acceptors (Lipinski definition) is 3. The number of anilines is 1. The van der Waals surface area contributed by atoms with Crippen LogP contribution in [0.25, 0.3) is 10.9 Å². The normalized spacial score (nSPS) is 10.5. The van der Waals surface area contributed by atoms with E-state index in [-0.39, 0.29) is 0 Å². The quantitative estimate of drug-likeness (QED) is 0.320. The number of nitrogens with two attached hydrogens (primary N) is 1. The first kappa shape index (κ1) is 8.10. The fraction of sp³-hybridized carbons (Fsp3) is 0.111. The molecule has 0 bridgehead atoms. The van der Waals surface area contributed by atoms with E-state index in [1.165, 1.54) is 5.39 Å². The molecule has 0 saturated heterocycles. The van der Waals surface area contributed by atoms with Gasteiger partial charge in [0.25, 0.3) is 0 Å². The Bertz CT molecular complexity index is 393. The van der Waals surface area contributed by atoms with Gasteiger partial charge in [0.05, 0.1) is 12.4 Å². The lowest BCUT2D eigenvalue weighted by Crippen LogP contribution is -2.28. The number of fused-ring (bicyclic) bond motifs is 1. The maximum absolute atomic E-state index is 5.17. The highest BCUT2D eigenvalue weighted by atomic mass is 15.3. The van der Waals surface area contributed by atoms with E-state index < -0.39 is 0 Å². The van der Waals surface area contributed by atoms with Crippen LogP contribution in [0, 0.1) is 0 Å². The molecule has 68 valence electrons. The van der Waals surface area contributed by atoms with Gasteiger partial charge in [0, 0.05) is 17.1 Å². The van der Waals surface area contributed by atoms with Gasteiger partial charge in [-0.1, -0.05) is 18.2 Å². The third-order valence-corrected chi connectivity index (χ3v) is 1.97. The maximum atomic E-state index is 5.17. The zero-order valence-electron chi connectivity index (χ0n) is 7.17. The van der Waals surface area contributed by atoms with Gasteiger partial charge >= 0.3 is 0 Å². The van der Waals surface area contributed by atoms with Crippen LogP contribution in [-0.2, 0) is 0 Å². The first-order valence-corrected chi connectivity index (χ1v) is 4.15. The van der Waals surface area contributed by atoms with Gasteiger partial charge in [-0.3, -0.25) is 5.84 Å². The third-order valence-electron chi connectivity index (χ3n) is 1.97. The van der Waals surface area contributed by atoms with Gasteiger partial charge in [-0.2, -0.15) is 0 Å². The number of para-hydroxylation sites is 1. The third kappa shape index (κ3) is 1.49. The van der Waals surface area contributed by atoms with Crippen LogP contribution in [0.15, 0.2) is 30.5 Å². The predicted molar refractivity (Wildman–Crippen MR) is 54.1 cm³/mol. The van der Waals surface area contributed by atoms with Gasteiger partial charge in [0.1, 0.15) is 0 Å². The minimum Gasteiger partial charge on any atom is -0.370 e. The second-order valence-corrected chi connectivity index (χ2v) is 2.81. The topological polar surface area (TPSA) is 65.9 Å². The van der Waals surface area contributed by atoms with E-state index in [0.717, 1.165) is 11.2 Å². The lowest BCUT2D eigenvalue weighted by Gasteiger charge is -2.02. The van der Waals surface area contributed by atoms with Crippen LogP contribution in [-0.4, -0.2) is 11.7 Å². The van der Waals surface area contributed by atoms with Gasteiger partial charge in [0.15, 0.2) is 0 Å². The molecule has 13 heavy (non-hydrogen) atoms. The monoisotopic (exact) mass is 176 g/mol. The summed E-state index contributed by atoms with van der Waals surface area (Å²) in [7, 11) is 0. The average Bonchev–Trinajstić information content (AvgIpc) is 2.58. The molecule has 2 rings (SSSR count). The number of aromatic nitrogens is 1. The zero-order chi connectivity index (χ0) is 9.10. The molecule has 0 aliphatic heterocycles. The van der Waals surface area contributed by atoms with E-state index in [1.54, 1.807) is 0 Å². The maximum Gasteiger partial charge on any atom is 0.0781 e. The van der Waals surface area contributed by atoms with Gasteiger partial charge in [0.2, 0.25) is 0 Å². The van der Waals surface area contributed by atoms with Crippen molar-refractivity contribution >= 4 is 16.6 Å². The fourth-order valence-corrected chi connectivity index (χ4v) is 1.36. The molecule has 1 heterocycles. The van der Waals surface area contributed by atoms with Crippen molar-refractivity contribution in [3.8, 4) is 0 Å². The van der Waals surface area contributed by atoms with Crippen molar-refractivity contribution in [1.82, 2.24) is 10.4 Å². The Kier molecular flexibility index (Phi) is 2.16. The lowest BCUT2D eigenvalue weighted by atomic mass is 10.2. The molecule has 1 aromatic carbocycles. The van der Waals surface area contributed by atoms with Crippen LogP contribution >= 0.6 is 0 Å². The summed E-state index contributed by atoms with van der Waals surface area (Å²) in [6, 6.07) is 8.11. The highest BCUT2D eigenvalue weighted by molar-refractivity contribution is 5.92. The first-order valence-electron chi connectivity index (χ1n) is 4.15. The molecule has 0 saturated carbocycles. The minimum atomic E-state index is 0.557. The van der Waals surface area contributed by atoms with Crippen LogP contribution in [0.1, 0.15) is 0 Å². The Balaban J connectivity index is 2.35. The Morgan fingerprint density at radius 1 is 1.31 bits per heavy atom. The first-order chi connectivity index (χ1) is 6.42. The Morgan fingerprint density at radius 3 is 3.00 bits per heavy atom.